The lowest BCUT2D eigenvalue weighted by atomic mass is 10.0. The normalized spacial score (nSPS) is 13.1. The summed E-state index contributed by atoms with van der Waals surface area (Å²) in [5.74, 6) is 0. The highest BCUT2D eigenvalue weighted by atomic mass is 15.3. The maximum atomic E-state index is 4.40. The highest BCUT2D eigenvalue weighted by Crippen LogP contribution is 2.21. The molecule has 0 saturated carbocycles. The number of hydrogen-bond donors (Lipinski definition) is 1. The Morgan fingerprint density at radius 2 is 2.20 bits per heavy atom. The Bertz CT molecular complexity index is 291. The van der Waals surface area contributed by atoms with E-state index in [-0.39, 0.29) is 0 Å². The zero-order valence-corrected chi connectivity index (χ0v) is 10.4. The molecule has 1 heterocycles. The minimum absolute atomic E-state index is 0.476. The van der Waals surface area contributed by atoms with Gasteiger partial charge in [0.1, 0.15) is 0 Å². The van der Waals surface area contributed by atoms with Gasteiger partial charge in [-0.1, -0.05) is 26.7 Å². The van der Waals surface area contributed by atoms with Crippen LogP contribution in [0.4, 0.5) is 0 Å². The van der Waals surface area contributed by atoms with E-state index in [0.29, 0.717) is 6.04 Å². The number of hydrogen-bond acceptors (Lipinski definition) is 2. The lowest BCUT2D eigenvalue weighted by Crippen LogP contribution is -2.21. The molecule has 0 aliphatic carbocycles. The van der Waals surface area contributed by atoms with Gasteiger partial charge in [-0.15, -0.1) is 0 Å². The molecule has 0 spiro atoms. The van der Waals surface area contributed by atoms with Crippen molar-refractivity contribution in [2.45, 2.75) is 46.1 Å². The van der Waals surface area contributed by atoms with Crippen molar-refractivity contribution in [3.8, 4) is 0 Å². The second kappa shape index (κ2) is 5.91. The third kappa shape index (κ3) is 3.34. The standard InChI is InChI=1S/C12H23N3/c1-5-7-8-12(13-6-2)11-9-15(4)14-10(11)3/h9,12-13H,5-8H2,1-4H3. The molecule has 0 radical (unpaired) electrons. The summed E-state index contributed by atoms with van der Waals surface area (Å²) in [6.45, 7) is 7.50. The Kier molecular flexibility index (Phi) is 4.82. The monoisotopic (exact) mass is 209 g/mol. The van der Waals surface area contributed by atoms with E-state index < -0.39 is 0 Å². The fraction of sp³-hybridized carbons (Fsp3) is 0.750. The first-order valence-corrected chi connectivity index (χ1v) is 5.92. The zero-order valence-electron chi connectivity index (χ0n) is 10.4. The van der Waals surface area contributed by atoms with Gasteiger partial charge in [0.15, 0.2) is 0 Å². The van der Waals surface area contributed by atoms with Crippen molar-refractivity contribution in [1.29, 1.82) is 0 Å². The number of aromatic nitrogens is 2. The molecule has 0 aliphatic rings. The fourth-order valence-corrected chi connectivity index (χ4v) is 1.98. The van der Waals surface area contributed by atoms with Gasteiger partial charge >= 0.3 is 0 Å². The Hall–Kier alpha value is -0.830. The van der Waals surface area contributed by atoms with Crippen LogP contribution in [-0.4, -0.2) is 16.3 Å². The van der Waals surface area contributed by atoms with Crippen LogP contribution in [0.5, 0.6) is 0 Å². The van der Waals surface area contributed by atoms with Gasteiger partial charge in [-0.2, -0.15) is 5.10 Å². The third-order valence-electron chi connectivity index (χ3n) is 2.72. The summed E-state index contributed by atoms with van der Waals surface area (Å²) in [4.78, 5) is 0. The van der Waals surface area contributed by atoms with E-state index in [4.69, 9.17) is 0 Å². The summed E-state index contributed by atoms with van der Waals surface area (Å²) < 4.78 is 1.90. The summed E-state index contributed by atoms with van der Waals surface area (Å²) in [5.41, 5.74) is 2.51. The molecule has 0 aromatic carbocycles. The lowest BCUT2D eigenvalue weighted by Gasteiger charge is -2.16. The molecule has 15 heavy (non-hydrogen) atoms. The smallest absolute Gasteiger partial charge is 0.0641 e. The van der Waals surface area contributed by atoms with Crippen molar-refractivity contribution in [3.05, 3.63) is 17.5 Å². The average Bonchev–Trinajstić information content (AvgIpc) is 2.52. The summed E-state index contributed by atoms with van der Waals surface area (Å²) in [5, 5.41) is 7.93. The molecule has 1 unspecified atom stereocenters. The summed E-state index contributed by atoms with van der Waals surface area (Å²) in [6, 6.07) is 0.476. The molecule has 1 N–H and O–H groups in total. The van der Waals surface area contributed by atoms with Crippen LogP contribution in [0.2, 0.25) is 0 Å². The van der Waals surface area contributed by atoms with Crippen molar-refractivity contribution in [2.75, 3.05) is 6.54 Å². The molecule has 1 aromatic heterocycles. The molecule has 3 nitrogen and oxygen atoms in total. The van der Waals surface area contributed by atoms with Gasteiger partial charge in [0, 0.05) is 24.8 Å². The van der Waals surface area contributed by atoms with E-state index in [1.165, 1.54) is 24.8 Å². The fourth-order valence-electron chi connectivity index (χ4n) is 1.98. The Labute approximate surface area is 92.9 Å². The van der Waals surface area contributed by atoms with Gasteiger partial charge in [0.25, 0.3) is 0 Å². The van der Waals surface area contributed by atoms with Gasteiger partial charge < -0.3 is 5.32 Å². The molecule has 0 bridgehead atoms. The minimum atomic E-state index is 0.476. The SMILES string of the molecule is CCCCC(NCC)c1cn(C)nc1C. The Morgan fingerprint density at radius 1 is 1.47 bits per heavy atom. The number of nitrogens with one attached hydrogen (secondary N) is 1. The quantitative estimate of drug-likeness (QED) is 0.780. The van der Waals surface area contributed by atoms with Crippen LogP contribution < -0.4 is 5.32 Å². The van der Waals surface area contributed by atoms with Gasteiger partial charge in [-0.05, 0) is 19.9 Å². The number of nitrogens with zero attached hydrogens (tertiary/aromatic N) is 2. The number of rotatable bonds is 6. The topological polar surface area (TPSA) is 29.9 Å². The van der Waals surface area contributed by atoms with Crippen molar-refractivity contribution in [2.24, 2.45) is 7.05 Å². The maximum Gasteiger partial charge on any atom is 0.0641 e. The van der Waals surface area contributed by atoms with Gasteiger partial charge in [0.2, 0.25) is 0 Å². The van der Waals surface area contributed by atoms with E-state index in [0.717, 1.165) is 12.2 Å². The average molecular weight is 209 g/mol. The zero-order chi connectivity index (χ0) is 11.3. The predicted octanol–water partition coefficient (Wildman–Crippen LogP) is 2.57. The van der Waals surface area contributed by atoms with Crippen molar-refractivity contribution < 1.29 is 0 Å². The van der Waals surface area contributed by atoms with E-state index in [2.05, 4.69) is 37.4 Å². The molecular formula is C12H23N3. The van der Waals surface area contributed by atoms with Gasteiger partial charge in [-0.25, -0.2) is 0 Å². The predicted molar refractivity (Wildman–Crippen MR) is 63.9 cm³/mol. The molecule has 1 atom stereocenters. The molecule has 86 valence electrons. The molecular weight excluding hydrogens is 186 g/mol. The number of unbranched alkanes of at least 4 members (excludes halogenated alkanes) is 1. The van der Waals surface area contributed by atoms with Gasteiger partial charge in [-0.3, -0.25) is 4.68 Å². The van der Waals surface area contributed by atoms with E-state index in [1.807, 2.05) is 11.7 Å². The van der Waals surface area contributed by atoms with Gasteiger partial charge in [0.05, 0.1) is 5.69 Å². The summed E-state index contributed by atoms with van der Waals surface area (Å²) >= 11 is 0. The molecule has 1 aromatic rings. The van der Waals surface area contributed by atoms with Crippen LogP contribution in [0.1, 0.15) is 50.4 Å². The Balaban J connectivity index is 2.73. The Morgan fingerprint density at radius 3 is 2.67 bits per heavy atom. The largest absolute Gasteiger partial charge is 0.310 e. The van der Waals surface area contributed by atoms with E-state index in [1.54, 1.807) is 0 Å². The highest BCUT2D eigenvalue weighted by molar-refractivity contribution is 5.19. The second-order valence-electron chi connectivity index (χ2n) is 4.10. The van der Waals surface area contributed by atoms with Crippen LogP contribution in [0, 0.1) is 6.92 Å². The third-order valence-corrected chi connectivity index (χ3v) is 2.72. The molecule has 0 amide bonds. The van der Waals surface area contributed by atoms with Crippen LogP contribution in [0.3, 0.4) is 0 Å². The first kappa shape index (κ1) is 12.2. The molecule has 0 aliphatic heterocycles. The van der Waals surface area contributed by atoms with Crippen LogP contribution in [0.15, 0.2) is 6.20 Å². The molecule has 0 fully saturated rings. The van der Waals surface area contributed by atoms with E-state index >= 15 is 0 Å². The lowest BCUT2D eigenvalue weighted by molar-refractivity contribution is 0.492. The van der Waals surface area contributed by atoms with Crippen LogP contribution in [0.25, 0.3) is 0 Å². The van der Waals surface area contributed by atoms with E-state index in [9.17, 15) is 0 Å². The number of aryl methyl sites for hydroxylation is 2. The molecule has 1 rings (SSSR count). The van der Waals surface area contributed by atoms with Crippen LogP contribution >= 0.6 is 0 Å². The maximum absolute atomic E-state index is 4.40. The van der Waals surface area contributed by atoms with Crippen LogP contribution in [-0.2, 0) is 7.05 Å². The van der Waals surface area contributed by atoms with Crippen molar-refractivity contribution in [1.82, 2.24) is 15.1 Å². The first-order chi connectivity index (χ1) is 7.19. The summed E-state index contributed by atoms with van der Waals surface area (Å²) in [7, 11) is 1.99. The minimum Gasteiger partial charge on any atom is -0.310 e. The molecule has 0 saturated heterocycles. The van der Waals surface area contributed by atoms with Crippen molar-refractivity contribution >= 4 is 0 Å². The second-order valence-corrected chi connectivity index (χ2v) is 4.10. The first-order valence-electron chi connectivity index (χ1n) is 5.92. The molecule has 3 heteroatoms. The summed E-state index contributed by atoms with van der Waals surface area (Å²) in [6.07, 6.45) is 5.86. The van der Waals surface area contributed by atoms with Crippen molar-refractivity contribution in [3.63, 3.8) is 0 Å². The highest BCUT2D eigenvalue weighted by Gasteiger charge is 2.14.